The van der Waals surface area contributed by atoms with Crippen molar-refractivity contribution in [1.82, 2.24) is 9.97 Å². The highest BCUT2D eigenvalue weighted by Gasteiger charge is 2.12. The van der Waals surface area contributed by atoms with Gasteiger partial charge in [-0.1, -0.05) is 28.8 Å². The Balaban J connectivity index is 1.78. The van der Waals surface area contributed by atoms with E-state index >= 15 is 0 Å². The zero-order chi connectivity index (χ0) is 15.4. The fourth-order valence-electron chi connectivity index (χ4n) is 2.79. The molecule has 22 heavy (non-hydrogen) atoms. The first kappa shape index (κ1) is 15.3. The topological polar surface area (TPSA) is 41.0 Å². The maximum Gasteiger partial charge on any atom is 0.135 e. The molecule has 4 nitrogen and oxygen atoms in total. The van der Waals surface area contributed by atoms with Gasteiger partial charge in [0, 0.05) is 29.3 Å². The van der Waals surface area contributed by atoms with E-state index < -0.39 is 0 Å². The van der Waals surface area contributed by atoms with E-state index in [1.165, 1.54) is 31.2 Å². The molecule has 1 saturated heterocycles. The number of nitrogens with one attached hydrogen (secondary N) is 1. The molecule has 1 aromatic carbocycles. The highest BCUT2D eigenvalue weighted by atomic mass is 79.9. The first-order valence-electron chi connectivity index (χ1n) is 7.82. The lowest BCUT2D eigenvalue weighted by atomic mass is 10.2. The van der Waals surface area contributed by atoms with Crippen LogP contribution in [0, 0.1) is 6.92 Å². The van der Waals surface area contributed by atoms with Crippen LogP contribution in [0.5, 0.6) is 0 Å². The predicted octanol–water partition coefficient (Wildman–Crippen LogP) is 4.67. The molecular formula is C17H21BrN4. The van der Waals surface area contributed by atoms with Gasteiger partial charge in [-0.05, 0) is 43.5 Å². The minimum atomic E-state index is 0.847. The summed E-state index contributed by atoms with van der Waals surface area (Å²) in [5.74, 6) is 1.87. The van der Waals surface area contributed by atoms with Crippen LogP contribution >= 0.6 is 15.9 Å². The first-order valence-corrected chi connectivity index (χ1v) is 8.62. The molecule has 3 rings (SSSR count). The van der Waals surface area contributed by atoms with Crippen molar-refractivity contribution in [2.75, 3.05) is 23.3 Å². The van der Waals surface area contributed by atoms with Crippen LogP contribution in [0.25, 0.3) is 0 Å². The number of hydrogen-bond donors (Lipinski definition) is 1. The van der Waals surface area contributed by atoms with Crippen molar-refractivity contribution >= 4 is 33.3 Å². The van der Waals surface area contributed by atoms with Crippen LogP contribution in [0.3, 0.4) is 0 Å². The highest BCUT2D eigenvalue weighted by molar-refractivity contribution is 9.10. The zero-order valence-electron chi connectivity index (χ0n) is 12.8. The lowest BCUT2D eigenvalue weighted by Crippen LogP contribution is -2.25. The van der Waals surface area contributed by atoms with Gasteiger partial charge in [-0.3, -0.25) is 0 Å². The lowest BCUT2D eigenvalue weighted by Gasteiger charge is -2.21. The van der Waals surface area contributed by atoms with Crippen LogP contribution in [0.2, 0.25) is 0 Å². The minimum Gasteiger partial charge on any atom is -0.356 e. The number of rotatable bonds is 3. The van der Waals surface area contributed by atoms with Crippen LogP contribution in [-0.4, -0.2) is 23.1 Å². The molecule has 1 aromatic heterocycles. The molecule has 5 heteroatoms. The summed E-state index contributed by atoms with van der Waals surface area (Å²) in [6.07, 6.45) is 6.80. The van der Waals surface area contributed by atoms with Crippen LogP contribution in [0.1, 0.15) is 31.2 Å². The van der Waals surface area contributed by atoms with Crippen molar-refractivity contribution in [1.29, 1.82) is 0 Å². The molecule has 0 aliphatic carbocycles. The van der Waals surface area contributed by atoms with Gasteiger partial charge in [0.2, 0.25) is 0 Å². The molecule has 2 aromatic rings. The molecule has 1 fully saturated rings. The number of halogens is 1. The van der Waals surface area contributed by atoms with Crippen molar-refractivity contribution in [3.05, 3.63) is 40.6 Å². The van der Waals surface area contributed by atoms with E-state index in [1.807, 2.05) is 12.1 Å². The Hall–Kier alpha value is -1.62. The van der Waals surface area contributed by atoms with Gasteiger partial charge in [0.1, 0.15) is 18.0 Å². The van der Waals surface area contributed by atoms with Crippen LogP contribution in [0.15, 0.2) is 35.1 Å². The van der Waals surface area contributed by atoms with E-state index in [9.17, 15) is 0 Å². The van der Waals surface area contributed by atoms with Crippen molar-refractivity contribution < 1.29 is 0 Å². The van der Waals surface area contributed by atoms with Crippen LogP contribution < -0.4 is 10.2 Å². The molecule has 0 bridgehead atoms. The molecule has 1 aliphatic rings. The number of hydrogen-bond acceptors (Lipinski definition) is 4. The number of benzene rings is 1. The van der Waals surface area contributed by atoms with E-state index in [-0.39, 0.29) is 0 Å². The minimum absolute atomic E-state index is 0.847. The molecule has 116 valence electrons. The average Bonchev–Trinajstić information content (AvgIpc) is 2.80. The lowest BCUT2D eigenvalue weighted by molar-refractivity contribution is 0.726. The summed E-state index contributed by atoms with van der Waals surface area (Å²) in [6.45, 7) is 4.27. The Labute approximate surface area is 140 Å². The number of nitrogens with zero attached hydrogens (tertiary/aromatic N) is 3. The first-order chi connectivity index (χ1) is 10.7. The van der Waals surface area contributed by atoms with Gasteiger partial charge < -0.3 is 10.2 Å². The van der Waals surface area contributed by atoms with Crippen molar-refractivity contribution in [3.63, 3.8) is 0 Å². The maximum atomic E-state index is 4.45. The summed E-state index contributed by atoms with van der Waals surface area (Å²) < 4.78 is 1.09. The molecule has 1 aliphatic heterocycles. The third-order valence-electron chi connectivity index (χ3n) is 4.03. The van der Waals surface area contributed by atoms with Crippen molar-refractivity contribution in [2.45, 2.75) is 32.6 Å². The van der Waals surface area contributed by atoms with Gasteiger partial charge in [-0.15, -0.1) is 0 Å². The van der Waals surface area contributed by atoms with Gasteiger partial charge in [-0.2, -0.15) is 0 Å². The Bertz CT molecular complexity index is 636. The fraction of sp³-hybridized carbons (Fsp3) is 0.412. The quantitative estimate of drug-likeness (QED) is 0.863. The SMILES string of the molecule is Cc1cc(Br)ccc1Nc1cc(N2CCCCCC2)ncn1. The van der Waals surface area contributed by atoms with Crippen LogP contribution in [0.4, 0.5) is 17.3 Å². The summed E-state index contributed by atoms with van der Waals surface area (Å²) in [6, 6.07) is 8.24. The third kappa shape index (κ3) is 3.77. The molecular weight excluding hydrogens is 340 g/mol. The molecule has 0 radical (unpaired) electrons. The van der Waals surface area contributed by atoms with E-state index in [4.69, 9.17) is 0 Å². The summed E-state index contributed by atoms with van der Waals surface area (Å²) in [7, 11) is 0. The Morgan fingerprint density at radius 2 is 1.82 bits per heavy atom. The standard InChI is InChI=1S/C17H21BrN4/c1-13-10-14(18)6-7-15(13)21-16-11-17(20-12-19-16)22-8-4-2-3-5-9-22/h6-7,10-12H,2-5,8-9H2,1H3,(H,19,20,21). The number of anilines is 3. The fourth-order valence-corrected chi connectivity index (χ4v) is 3.27. The zero-order valence-corrected chi connectivity index (χ0v) is 14.4. The van der Waals surface area contributed by atoms with Gasteiger partial charge in [0.15, 0.2) is 0 Å². The number of aryl methyl sites for hydroxylation is 1. The molecule has 1 N–H and O–H groups in total. The van der Waals surface area contributed by atoms with E-state index in [2.05, 4.69) is 55.2 Å². The van der Waals surface area contributed by atoms with Gasteiger partial charge in [0.25, 0.3) is 0 Å². The Kier molecular flexibility index (Phi) is 4.93. The summed E-state index contributed by atoms with van der Waals surface area (Å²) >= 11 is 3.49. The maximum absolute atomic E-state index is 4.45. The number of aromatic nitrogens is 2. The molecule has 0 amide bonds. The molecule has 0 atom stereocenters. The molecule has 0 spiro atoms. The van der Waals surface area contributed by atoms with Gasteiger partial charge in [-0.25, -0.2) is 9.97 Å². The normalized spacial score (nSPS) is 15.5. The second-order valence-electron chi connectivity index (χ2n) is 5.75. The third-order valence-corrected chi connectivity index (χ3v) is 4.53. The smallest absolute Gasteiger partial charge is 0.135 e. The van der Waals surface area contributed by atoms with Crippen molar-refractivity contribution in [2.24, 2.45) is 0 Å². The predicted molar refractivity (Wildman–Crippen MR) is 94.9 cm³/mol. The van der Waals surface area contributed by atoms with Gasteiger partial charge in [0.05, 0.1) is 0 Å². The monoisotopic (exact) mass is 360 g/mol. The molecule has 0 unspecified atom stereocenters. The molecule has 0 saturated carbocycles. The molecule has 2 heterocycles. The van der Waals surface area contributed by atoms with Gasteiger partial charge >= 0.3 is 0 Å². The Morgan fingerprint density at radius 3 is 2.55 bits per heavy atom. The van der Waals surface area contributed by atoms with E-state index in [0.717, 1.165) is 34.9 Å². The summed E-state index contributed by atoms with van der Waals surface area (Å²) in [4.78, 5) is 11.2. The van der Waals surface area contributed by atoms with Crippen LogP contribution in [-0.2, 0) is 0 Å². The average molecular weight is 361 g/mol. The summed E-state index contributed by atoms with van der Waals surface area (Å²) in [5.41, 5.74) is 2.26. The summed E-state index contributed by atoms with van der Waals surface area (Å²) in [5, 5.41) is 3.40. The van der Waals surface area contributed by atoms with E-state index in [0.29, 0.717) is 0 Å². The second-order valence-corrected chi connectivity index (χ2v) is 6.66. The highest BCUT2D eigenvalue weighted by Crippen LogP contribution is 2.25. The largest absolute Gasteiger partial charge is 0.356 e. The van der Waals surface area contributed by atoms with E-state index in [1.54, 1.807) is 6.33 Å². The van der Waals surface area contributed by atoms with Crippen molar-refractivity contribution in [3.8, 4) is 0 Å². The Morgan fingerprint density at radius 1 is 1.05 bits per heavy atom. The second kappa shape index (κ2) is 7.09.